The number of carbonyl (C=O) groups excluding carboxylic acids is 1. The lowest BCUT2D eigenvalue weighted by Gasteiger charge is -2.25. The molecule has 0 aliphatic rings. The predicted molar refractivity (Wildman–Crippen MR) is 118 cm³/mol. The molecule has 6 heteroatoms. The number of halogens is 1. The van der Waals surface area contributed by atoms with Crippen LogP contribution in [0.4, 0.5) is 21.9 Å². The Bertz CT molecular complexity index is 927. The zero-order valence-electron chi connectivity index (χ0n) is 15.9. The summed E-state index contributed by atoms with van der Waals surface area (Å²) in [6, 6.07) is 20.2. The highest BCUT2D eigenvalue weighted by Crippen LogP contribution is 2.32. The van der Waals surface area contributed by atoms with Crippen LogP contribution in [0.1, 0.15) is 23.8 Å². The maximum Gasteiger partial charge on any atom is 0.411 e. The molecule has 1 aromatic heterocycles. The molecule has 3 aromatic rings. The molecule has 3 rings (SSSR count). The molecule has 28 heavy (non-hydrogen) atoms. The van der Waals surface area contributed by atoms with E-state index >= 15 is 0 Å². The number of thiophene rings is 1. The van der Waals surface area contributed by atoms with Gasteiger partial charge in [-0.1, -0.05) is 36.7 Å². The van der Waals surface area contributed by atoms with Gasteiger partial charge < -0.3 is 9.64 Å². The third-order valence-electron chi connectivity index (χ3n) is 4.21. The molecule has 146 valence electrons. The number of nitrogens with one attached hydrogen (secondary N) is 1. The molecule has 2 aromatic carbocycles. The van der Waals surface area contributed by atoms with E-state index in [1.54, 1.807) is 11.3 Å². The van der Waals surface area contributed by atoms with Gasteiger partial charge in [-0.2, -0.15) is 0 Å². The van der Waals surface area contributed by atoms with Crippen LogP contribution < -0.4 is 10.2 Å². The van der Waals surface area contributed by atoms with Crippen LogP contribution in [0.3, 0.4) is 0 Å². The van der Waals surface area contributed by atoms with Crippen LogP contribution in [-0.2, 0) is 11.3 Å². The van der Waals surface area contributed by atoms with Crippen LogP contribution in [0.5, 0.6) is 0 Å². The van der Waals surface area contributed by atoms with E-state index in [1.807, 2.05) is 50.2 Å². The third-order valence-corrected chi connectivity index (χ3v) is 5.42. The Labute approximate surface area is 174 Å². The molecule has 1 heterocycles. The molecule has 0 bridgehead atoms. The predicted octanol–water partition coefficient (Wildman–Crippen LogP) is 7.01. The Morgan fingerprint density at radius 3 is 2.54 bits per heavy atom. The second-order valence-electron chi connectivity index (χ2n) is 6.39. The first-order valence-corrected chi connectivity index (χ1v) is 10.4. The summed E-state index contributed by atoms with van der Waals surface area (Å²) in [7, 11) is 0. The van der Waals surface area contributed by atoms with Gasteiger partial charge in [-0.25, -0.2) is 4.79 Å². The summed E-state index contributed by atoms with van der Waals surface area (Å²) in [5, 5.41) is 2.81. The third kappa shape index (κ3) is 5.27. The quantitative estimate of drug-likeness (QED) is 0.452. The fourth-order valence-electron chi connectivity index (χ4n) is 2.83. The lowest BCUT2D eigenvalue weighted by atomic mass is 10.1. The van der Waals surface area contributed by atoms with Crippen LogP contribution in [-0.4, -0.2) is 12.7 Å². The molecule has 1 N–H and O–H groups in total. The van der Waals surface area contributed by atoms with E-state index in [0.717, 1.165) is 33.4 Å². The number of anilines is 3. The van der Waals surface area contributed by atoms with Crippen LogP contribution in [0.2, 0.25) is 4.34 Å². The molecular formula is C22H23ClN2O2S. The van der Waals surface area contributed by atoms with Crippen molar-refractivity contribution in [3.05, 3.63) is 75.4 Å². The van der Waals surface area contributed by atoms with Crippen molar-refractivity contribution in [3.63, 3.8) is 0 Å². The summed E-state index contributed by atoms with van der Waals surface area (Å²) in [6.07, 6.45) is 0.371. The molecule has 0 spiro atoms. The highest BCUT2D eigenvalue weighted by molar-refractivity contribution is 7.16. The number of amides is 1. The summed E-state index contributed by atoms with van der Waals surface area (Å²) in [4.78, 5) is 15.3. The lowest BCUT2D eigenvalue weighted by molar-refractivity contribution is 0.161. The Kier molecular flexibility index (Phi) is 6.95. The number of rotatable bonds is 7. The van der Waals surface area contributed by atoms with Crippen molar-refractivity contribution in [1.82, 2.24) is 0 Å². The maximum absolute atomic E-state index is 11.9. The van der Waals surface area contributed by atoms with Gasteiger partial charge in [0, 0.05) is 21.9 Å². The molecule has 0 aliphatic heterocycles. The number of aryl methyl sites for hydroxylation is 1. The van der Waals surface area contributed by atoms with Crippen LogP contribution in [0.15, 0.2) is 60.7 Å². The summed E-state index contributed by atoms with van der Waals surface area (Å²) in [5.41, 5.74) is 3.85. The number of hydrogen-bond acceptors (Lipinski definition) is 4. The molecule has 0 atom stereocenters. The van der Waals surface area contributed by atoms with E-state index in [4.69, 9.17) is 16.3 Å². The van der Waals surface area contributed by atoms with E-state index in [-0.39, 0.29) is 0 Å². The van der Waals surface area contributed by atoms with Crippen molar-refractivity contribution in [2.45, 2.75) is 26.8 Å². The van der Waals surface area contributed by atoms with Crippen molar-refractivity contribution >= 4 is 46.1 Å². The van der Waals surface area contributed by atoms with Gasteiger partial charge in [-0.3, -0.25) is 5.32 Å². The van der Waals surface area contributed by atoms with Crippen molar-refractivity contribution < 1.29 is 9.53 Å². The number of hydrogen-bond donors (Lipinski definition) is 1. The SMILES string of the molecule is CCCOC(=O)Nc1ccc(N(Cc2ccc(Cl)s2)c2ccccc2)cc1C. The molecule has 0 saturated heterocycles. The van der Waals surface area contributed by atoms with Gasteiger partial charge in [-0.05, 0) is 61.4 Å². The van der Waals surface area contributed by atoms with Crippen molar-refractivity contribution in [3.8, 4) is 0 Å². The minimum atomic E-state index is -0.425. The van der Waals surface area contributed by atoms with Crippen LogP contribution in [0, 0.1) is 6.92 Å². The summed E-state index contributed by atoms with van der Waals surface area (Å²) >= 11 is 7.69. The van der Waals surface area contributed by atoms with E-state index in [9.17, 15) is 4.79 Å². The molecule has 1 amide bonds. The first-order valence-electron chi connectivity index (χ1n) is 9.18. The van der Waals surface area contributed by atoms with Gasteiger partial charge in [0.05, 0.1) is 17.5 Å². The molecule has 0 aliphatic carbocycles. The first kappa shape index (κ1) is 20.2. The second-order valence-corrected chi connectivity index (χ2v) is 8.19. The Morgan fingerprint density at radius 1 is 1.11 bits per heavy atom. The van der Waals surface area contributed by atoms with Gasteiger partial charge in [0.2, 0.25) is 0 Å². The average molecular weight is 415 g/mol. The Hall–Kier alpha value is -2.50. The molecule has 0 unspecified atom stereocenters. The van der Waals surface area contributed by atoms with Gasteiger partial charge in [0.15, 0.2) is 0 Å². The number of ether oxygens (including phenoxy) is 1. The number of para-hydroxylation sites is 1. The van der Waals surface area contributed by atoms with Crippen molar-refractivity contribution in [2.75, 3.05) is 16.8 Å². The van der Waals surface area contributed by atoms with Gasteiger partial charge in [0.25, 0.3) is 0 Å². The molecule has 0 saturated carbocycles. The topological polar surface area (TPSA) is 41.6 Å². The van der Waals surface area contributed by atoms with Crippen molar-refractivity contribution in [2.24, 2.45) is 0 Å². The van der Waals surface area contributed by atoms with Gasteiger partial charge >= 0.3 is 6.09 Å². The summed E-state index contributed by atoms with van der Waals surface area (Å²) < 4.78 is 5.89. The van der Waals surface area contributed by atoms with E-state index in [2.05, 4.69) is 34.5 Å². The highest BCUT2D eigenvalue weighted by atomic mass is 35.5. The molecular weight excluding hydrogens is 392 g/mol. The summed E-state index contributed by atoms with van der Waals surface area (Å²) in [6.45, 7) is 5.07. The minimum absolute atomic E-state index is 0.411. The molecule has 0 radical (unpaired) electrons. The smallest absolute Gasteiger partial charge is 0.411 e. The normalized spacial score (nSPS) is 10.5. The van der Waals surface area contributed by atoms with E-state index < -0.39 is 6.09 Å². The Balaban J connectivity index is 1.85. The second kappa shape index (κ2) is 9.62. The standard InChI is InChI=1S/C22H23ClN2O2S/c1-3-13-27-22(26)24-20-11-9-18(14-16(20)2)25(17-7-5-4-6-8-17)15-19-10-12-21(23)28-19/h4-12,14H,3,13,15H2,1-2H3,(H,24,26). The van der Waals surface area contributed by atoms with Gasteiger partial charge in [0.1, 0.15) is 0 Å². The van der Waals surface area contributed by atoms with E-state index in [0.29, 0.717) is 13.2 Å². The van der Waals surface area contributed by atoms with Crippen molar-refractivity contribution in [1.29, 1.82) is 0 Å². The largest absolute Gasteiger partial charge is 0.449 e. The number of nitrogens with zero attached hydrogens (tertiary/aromatic N) is 1. The number of carbonyl (C=O) groups is 1. The number of benzene rings is 2. The van der Waals surface area contributed by atoms with Crippen LogP contribution >= 0.6 is 22.9 Å². The highest BCUT2D eigenvalue weighted by Gasteiger charge is 2.14. The Morgan fingerprint density at radius 2 is 1.89 bits per heavy atom. The van der Waals surface area contributed by atoms with Gasteiger partial charge in [-0.15, -0.1) is 11.3 Å². The van der Waals surface area contributed by atoms with Crippen LogP contribution in [0.25, 0.3) is 0 Å². The first-order chi connectivity index (χ1) is 13.6. The average Bonchev–Trinajstić information content (AvgIpc) is 3.11. The lowest BCUT2D eigenvalue weighted by Crippen LogP contribution is -2.17. The molecule has 4 nitrogen and oxygen atoms in total. The molecule has 0 fully saturated rings. The zero-order chi connectivity index (χ0) is 19.9. The fraction of sp³-hybridized carbons (Fsp3) is 0.227. The summed E-state index contributed by atoms with van der Waals surface area (Å²) in [5.74, 6) is 0. The fourth-order valence-corrected chi connectivity index (χ4v) is 3.91. The maximum atomic E-state index is 11.9. The monoisotopic (exact) mass is 414 g/mol. The zero-order valence-corrected chi connectivity index (χ0v) is 17.5. The van der Waals surface area contributed by atoms with E-state index in [1.165, 1.54) is 4.88 Å². The minimum Gasteiger partial charge on any atom is -0.449 e.